The molecule has 0 bridgehead atoms. The Bertz CT molecular complexity index is 528. The van der Waals surface area contributed by atoms with Crippen molar-refractivity contribution in [2.24, 2.45) is 0 Å². The maximum Gasteiger partial charge on any atom is 0.119 e. The van der Waals surface area contributed by atoms with Crippen LogP contribution >= 0.6 is 0 Å². The molecule has 0 aliphatic rings. The number of hydrogen-bond donors (Lipinski definition) is 1. The summed E-state index contributed by atoms with van der Waals surface area (Å²) < 4.78 is 5.65. The molecule has 0 aromatic heterocycles. The number of aliphatic hydroxyl groups is 1. The van der Waals surface area contributed by atoms with Crippen LogP contribution < -0.4 is 4.74 Å². The van der Waals surface area contributed by atoms with Gasteiger partial charge >= 0.3 is 0 Å². The molecule has 21 heavy (non-hydrogen) atoms. The van der Waals surface area contributed by atoms with Crippen LogP contribution in [0.25, 0.3) is 0 Å². The van der Waals surface area contributed by atoms with Crippen LogP contribution in [0.1, 0.15) is 43.1 Å². The Hall–Kier alpha value is -1.80. The van der Waals surface area contributed by atoms with Gasteiger partial charge in [-0.2, -0.15) is 0 Å². The summed E-state index contributed by atoms with van der Waals surface area (Å²) >= 11 is 0. The number of benzene rings is 2. The Morgan fingerprint density at radius 1 is 0.905 bits per heavy atom. The van der Waals surface area contributed by atoms with Crippen molar-refractivity contribution in [2.75, 3.05) is 6.61 Å². The van der Waals surface area contributed by atoms with Crippen LogP contribution in [-0.4, -0.2) is 11.7 Å². The highest BCUT2D eigenvalue weighted by Crippen LogP contribution is 2.18. The Morgan fingerprint density at radius 2 is 1.52 bits per heavy atom. The van der Waals surface area contributed by atoms with Gasteiger partial charge in [-0.05, 0) is 41.7 Å². The minimum atomic E-state index is -0.591. The Balaban J connectivity index is 1.89. The number of hydrogen-bond acceptors (Lipinski definition) is 2. The molecule has 0 spiro atoms. The molecule has 2 heteroatoms. The molecule has 1 N–H and O–H groups in total. The SMILES string of the molecule is CCCc1ccc(C(O)COc2ccc(CC)cc2)cc1. The van der Waals surface area contributed by atoms with Crippen molar-refractivity contribution in [3.63, 3.8) is 0 Å². The fourth-order valence-electron chi connectivity index (χ4n) is 2.29. The van der Waals surface area contributed by atoms with E-state index in [2.05, 4.69) is 38.1 Å². The fraction of sp³-hybridized carbons (Fsp3) is 0.368. The molecular weight excluding hydrogens is 260 g/mol. The minimum absolute atomic E-state index is 0.276. The summed E-state index contributed by atoms with van der Waals surface area (Å²) in [6.45, 7) is 4.57. The average molecular weight is 284 g/mol. The van der Waals surface area contributed by atoms with E-state index in [1.165, 1.54) is 11.1 Å². The lowest BCUT2D eigenvalue weighted by Gasteiger charge is -2.13. The topological polar surface area (TPSA) is 29.5 Å². The molecule has 0 heterocycles. The molecule has 1 atom stereocenters. The lowest BCUT2D eigenvalue weighted by atomic mass is 10.0. The second-order valence-corrected chi connectivity index (χ2v) is 5.32. The first kappa shape index (κ1) is 15.6. The Morgan fingerprint density at radius 3 is 2.10 bits per heavy atom. The number of rotatable bonds is 7. The summed E-state index contributed by atoms with van der Waals surface area (Å²) in [5.41, 5.74) is 3.50. The molecular formula is C19H24O2. The zero-order valence-corrected chi connectivity index (χ0v) is 12.9. The molecule has 0 radical (unpaired) electrons. The zero-order chi connectivity index (χ0) is 15.1. The summed E-state index contributed by atoms with van der Waals surface area (Å²) in [6.07, 6.45) is 2.65. The molecule has 0 saturated carbocycles. The van der Waals surface area contributed by atoms with Crippen molar-refractivity contribution < 1.29 is 9.84 Å². The van der Waals surface area contributed by atoms with Crippen LogP contribution in [0, 0.1) is 0 Å². The van der Waals surface area contributed by atoms with Gasteiger partial charge in [-0.1, -0.05) is 56.7 Å². The van der Waals surface area contributed by atoms with Crippen molar-refractivity contribution in [1.82, 2.24) is 0 Å². The Kier molecular flexibility index (Phi) is 5.82. The summed E-state index contributed by atoms with van der Waals surface area (Å²) in [5, 5.41) is 10.2. The number of ether oxygens (including phenoxy) is 1. The van der Waals surface area contributed by atoms with E-state index >= 15 is 0 Å². The summed E-state index contributed by atoms with van der Waals surface area (Å²) in [7, 11) is 0. The highest BCUT2D eigenvalue weighted by Gasteiger charge is 2.08. The lowest BCUT2D eigenvalue weighted by Crippen LogP contribution is -2.09. The molecule has 0 amide bonds. The van der Waals surface area contributed by atoms with Gasteiger partial charge in [0.25, 0.3) is 0 Å². The summed E-state index contributed by atoms with van der Waals surface area (Å²) in [6, 6.07) is 16.2. The lowest BCUT2D eigenvalue weighted by molar-refractivity contribution is 0.108. The maximum atomic E-state index is 10.2. The van der Waals surface area contributed by atoms with E-state index in [1.54, 1.807) is 0 Å². The molecule has 2 nitrogen and oxygen atoms in total. The van der Waals surface area contributed by atoms with E-state index in [-0.39, 0.29) is 6.61 Å². The highest BCUT2D eigenvalue weighted by atomic mass is 16.5. The van der Waals surface area contributed by atoms with Crippen LogP contribution in [0.3, 0.4) is 0 Å². The standard InChI is InChI=1S/C19H24O2/c1-3-5-16-6-10-17(11-7-16)19(20)14-21-18-12-8-15(4-2)9-13-18/h6-13,19-20H,3-5,14H2,1-2H3. The van der Waals surface area contributed by atoms with Crippen molar-refractivity contribution in [2.45, 2.75) is 39.2 Å². The van der Waals surface area contributed by atoms with Gasteiger partial charge in [0.1, 0.15) is 18.5 Å². The molecule has 0 aliphatic carbocycles. The van der Waals surface area contributed by atoms with E-state index < -0.39 is 6.10 Å². The third-order valence-electron chi connectivity index (χ3n) is 3.64. The van der Waals surface area contributed by atoms with Crippen LogP contribution in [0.2, 0.25) is 0 Å². The first-order valence-electron chi connectivity index (χ1n) is 7.71. The fourth-order valence-corrected chi connectivity index (χ4v) is 2.29. The average Bonchev–Trinajstić information content (AvgIpc) is 2.54. The van der Waals surface area contributed by atoms with Gasteiger partial charge in [0.2, 0.25) is 0 Å². The molecule has 0 saturated heterocycles. The molecule has 112 valence electrons. The predicted octanol–water partition coefficient (Wildman–Crippen LogP) is 4.31. The number of aliphatic hydroxyl groups excluding tert-OH is 1. The van der Waals surface area contributed by atoms with E-state index in [4.69, 9.17) is 4.74 Å². The van der Waals surface area contributed by atoms with Crippen molar-refractivity contribution >= 4 is 0 Å². The zero-order valence-electron chi connectivity index (χ0n) is 12.9. The van der Waals surface area contributed by atoms with Crippen LogP contribution in [-0.2, 0) is 12.8 Å². The largest absolute Gasteiger partial charge is 0.491 e. The van der Waals surface area contributed by atoms with Crippen LogP contribution in [0.15, 0.2) is 48.5 Å². The molecule has 0 aliphatic heterocycles. The Labute approximate surface area is 127 Å². The van der Waals surface area contributed by atoms with Crippen molar-refractivity contribution in [1.29, 1.82) is 0 Å². The second kappa shape index (κ2) is 7.84. The summed E-state index contributed by atoms with van der Waals surface area (Å²) in [4.78, 5) is 0. The highest BCUT2D eigenvalue weighted by molar-refractivity contribution is 5.28. The van der Waals surface area contributed by atoms with Gasteiger partial charge in [-0.15, -0.1) is 0 Å². The van der Waals surface area contributed by atoms with Crippen molar-refractivity contribution in [3.8, 4) is 5.75 Å². The molecule has 2 aromatic rings. The predicted molar refractivity (Wildman–Crippen MR) is 86.7 cm³/mol. The first-order chi connectivity index (χ1) is 10.2. The maximum absolute atomic E-state index is 10.2. The normalized spacial score (nSPS) is 12.1. The molecule has 2 aromatic carbocycles. The third kappa shape index (κ3) is 4.61. The summed E-state index contributed by atoms with van der Waals surface area (Å²) in [5.74, 6) is 0.800. The van der Waals surface area contributed by atoms with E-state index in [9.17, 15) is 5.11 Å². The number of aryl methyl sites for hydroxylation is 2. The minimum Gasteiger partial charge on any atom is -0.491 e. The second-order valence-electron chi connectivity index (χ2n) is 5.32. The van der Waals surface area contributed by atoms with E-state index in [1.807, 2.05) is 24.3 Å². The van der Waals surface area contributed by atoms with Crippen LogP contribution in [0.5, 0.6) is 5.75 Å². The van der Waals surface area contributed by atoms with Gasteiger partial charge in [-0.3, -0.25) is 0 Å². The smallest absolute Gasteiger partial charge is 0.119 e. The first-order valence-corrected chi connectivity index (χ1v) is 7.71. The van der Waals surface area contributed by atoms with Gasteiger partial charge in [0.15, 0.2) is 0 Å². The van der Waals surface area contributed by atoms with E-state index in [0.717, 1.165) is 30.6 Å². The van der Waals surface area contributed by atoms with Gasteiger partial charge in [0, 0.05) is 0 Å². The van der Waals surface area contributed by atoms with E-state index in [0.29, 0.717) is 0 Å². The third-order valence-corrected chi connectivity index (χ3v) is 3.64. The van der Waals surface area contributed by atoms with Gasteiger partial charge < -0.3 is 9.84 Å². The molecule has 2 rings (SSSR count). The van der Waals surface area contributed by atoms with Gasteiger partial charge in [-0.25, -0.2) is 0 Å². The van der Waals surface area contributed by atoms with Crippen molar-refractivity contribution in [3.05, 3.63) is 65.2 Å². The molecule has 1 unspecified atom stereocenters. The van der Waals surface area contributed by atoms with Gasteiger partial charge in [0.05, 0.1) is 0 Å². The quantitative estimate of drug-likeness (QED) is 0.820. The van der Waals surface area contributed by atoms with Crippen LogP contribution in [0.4, 0.5) is 0 Å². The molecule has 0 fully saturated rings. The monoisotopic (exact) mass is 284 g/mol.